The molecule has 0 saturated heterocycles. The van der Waals surface area contributed by atoms with E-state index in [1.807, 2.05) is 0 Å². The Morgan fingerprint density at radius 3 is 3.06 bits per heavy atom. The maximum absolute atomic E-state index is 11.0. The molecular formula is C12H11NO3. The molecule has 16 heavy (non-hydrogen) atoms. The van der Waals surface area contributed by atoms with Gasteiger partial charge in [-0.2, -0.15) is 4.99 Å². The normalized spacial score (nSPS) is 9.81. The van der Waals surface area contributed by atoms with Crippen molar-refractivity contribution in [1.29, 1.82) is 0 Å². The van der Waals surface area contributed by atoms with Gasteiger partial charge in [0.25, 0.3) is 0 Å². The SMILES string of the molecule is CCOC(=O)/C=C/c1cccc(N=C=O)c1. The van der Waals surface area contributed by atoms with E-state index in [1.165, 1.54) is 12.2 Å². The van der Waals surface area contributed by atoms with Gasteiger partial charge in [-0.25, -0.2) is 9.59 Å². The number of hydrogen-bond acceptors (Lipinski definition) is 4. The van der Waals surface area contributed by atoms with Crippen LogP contribution in [0, 0.1) is 0 Å². The molecule has 0 spiro atoms. The fourth-order valence-electron chi connectivity index (χ4n) is 1.11. The lowest BCUT2D eigenvalue weighted by Crippen LogP contribution is -1.98. The van der Waals surface area contributed by atoms with Gasteiger partial charge < -0.3 is 4.74 Å². The van der Waals surface area contributed by atoms with Crippen molar-refractivity contribution in [3.63, 3.8) is 0 Å². The van der Waals surface area contributed by atoms with Crippen molar-refractivity contribution >= 4 is 23.8 Å². The first kappa shape index (κ1) is 11.9. The van der Waals surface area contributed by atoms with E-state index in [0.717, 1.165) is 5.56 Å². The Morgan fingerprint density at radius 2 is 2.38 bits per heavy atom. The molecule has 0 radical (unpaired) electrons. The minimum Gasteiger partial charge on any atom is -0.463 e. The van der Waals surface area contributed by atoms with Crippen molar-refractivity contribution < 1.29 is 14.3 Å². The van der Waals surface area contributed by atoms with Gasteiger partial charge in [-0.05, 0) is 30.7 Å². The van der Waals surface area contributed by atoms with Crippen molar-refractivity contribution in [3.8, 4) is 0 Å². The molecule has 4 heteroatoms. The lowest BCUT2D eigenvalue weighted by atomic mass is 10.2. The van der Waals surface area contributed by atoms with Crippen LogP contribution in [-0.4, -0.2) is 18.7 Å². The third-order valence-electron chi connectivity index (χ3n) is 1.74. The van der Waals surface area contributed by atoms with Crippen LogP contribution in [0.4, 0.5) is 5.69 Å². The second-order valence-corrected chi connectivity index (χ2v) is 2.88. The first-order valence-corrected chi connectivity index (χ1v) is 4.79. The molecule has 0 fully saturated rings. The third-order valence-corrected chi connectivity index (χ3v) is 1.74. The molecule has 1 aromatic carbocycles. The Kier molecular flexibility index (Phi) is 4.70. The fourth-order valence-corrected chi connectivity index (χ4v) is 1.11. The maximum Gasteiger partial charge on any atom is 0.330 e. The summed E-state index contributed by atoms with van der Waals surface area (Å²) < 4.78 is 4.73. The lowest BCUT2D eigenvalue weighted by molar-refractivity contribution is -0.137. The number of carbonyl (C=O) groups is 1. The summed E-state index contributed by atoms with van der Waals surface area (Å²) in [4.78, 5) is 24.6. The van der Waals surface area contributed by atoms with E-state index in [2.05, 4.69) is 4.99 Å². The Bertz CT molecular complexity index is 445. The van der Waals surface area contributed by atoms with Crippen LogP contribution < -0.4 is 0 Å². The number of rotatable bonds is 4. The Labute approximate surface area is 93.3 Å². The smallest absolute Gasteiger partial charge is 0.330 e. The van der Waals surface area contributed by atoms with E-state index in [4.69, 9.17) is 4.74 Å². The number of ether oxygens (including phenoxy) is 1. The van der Waals surface area contributed by atoms with Gasteiger partial charge in [0.2, 0.25) is 6.08 Å². The van der Waals surface area contributed by atoms with Crippen molar-refractivity contribution in [3.05, 3.63) is 35.9 Å². The fraction of sp³-hybridized carbons (Fsp3) is 0.167. The van der Waals surface area contributed by atoms with Gasteiger partial charge in [0.15, 0.2) is 0 Å². The van der Waals surface area contributed by atoms with Crippen LogP contribution in [0.1, 0.15) is 12.5 Å². The highest BCUT2D eigenvalue weighted by atomic mass is 16.5. The van der Waals surface area contributed by atoms with Crippen molar-refractivity contribution in [1.82, 2.24) is 0 Å². The highest BCUT2D eigenvalue weighted by molar-refractivity contribution is 5.87. The first-order chi connectivity index (χ1) is 7.76. The lowest BCUT2D eigenvalue weighted by Gasteiger charge is -1.96. The highest BCUT2D eigenvalue weighted by Crippen LogP contribution is 2.14. The molecule has 0 aliphatic heterocycles. The Hall–Kier alpha value is -2.19. The van der Waals surface area contributed by atoms with Crippen molar-refractivity contribution in [2.75, 3.05) is 6.61 Å². The maximum atomic E-state index is 11.0. The highest BCUT2D eigenvalue weighted by Gasteiger charge is 1.95. The summed E-state index contributed by atoms with van der Waals surface area (Å²) in [6, 6.07) is 6.87. The molecule has 0 aliphatic carbocycles. The number of benzene rings is 1. The average molecular weight is 217 g/mol. The van der Waals surface area contributed by atoms with Crippen LogP contribution >= 0.6 is 0 Å². The zero-order valence-electron chi connectivity index (χ0n) is 8.84. The minimum atomic E-state index is -0.396. The van der Waals surface area contributed by atoms with Gasteiger partial charge >= 0.3 is 5.97 Å². The largest absolute Gasteiger partial charge is 0.463 e. The zero-order valence-corrected chi connectivity index (χ0v) is 8.84. The molecule has 0 atom stereocenters. The van der Waals surface area contributed by atoms with E-state index < -0.39 is 5.97 Å². The molecule has 0 aliphatic rings. The Morgan fingerprint density at radius 1 is 1.56 bits per heavy atom. The molecule has 82 valence electrons. The van der Waals surface area contributed by atoms with Gasteiger partial charge in [0.1, 0.15) is 0 Å². The van der Waals surface area contributed by atoms with E-state index in [9.17, 15) is 9.59 Å². The molecule has 0 heterocycles. The second-order valence-electron chi connectivity index (χ2n) is 2.88. The van der Waals surface area contributed by atoms with Crippen molar-refractivity contribution in [2.24, 2.45) is 4.99 Å². The predicted molar refractivity (Wildman–Crippen MR) is 59.9 cm³/mol. The molecule has 0 amide bonds. The summed E-state index contributed by atoms with van der Waals surface area (Å²) in [5.74, 6) is -0.396. The molecule has 0 unspecified atom stereocenters. The van der Waals surface area contributed by atoms with Gasteiger partial charge in [-0.15, -0.1) is 0 Å². The molecule has 0 bridgehead atoms. The Balaban J connectivity index is 2.77. The van der Waals surface area contributed by atoms with Crippen LogP contribution in [0.2, 0.25) is 0 Å². The van der Waals surface area contributed by atoms with Crippen LogP contribution in [0.3, 0.4) is 0 Å². The summed E-state index contributed by atoms with van der Waals surface area (Å²) in [5.41, 5.74) is 1.27. The standard InChI is InChI=1S/C12H11NO3/c1-2-16-12(15)7-6-10-4-3-5-11(8-10)13-9-14/h3-8H,2H2,1H3/b7-6+. The number of carbonyl (C=O) groups excluding carboxylic acids is 2. The minimum absolute atomic E-state index is 0.346. The molecule has 1 rings (SSSR count). The second kappa shape index (κ2) is 6.32. The molecule has 4 nitrogen and oxygen atoms in total. The van der Waals surface area contributed by atoms with Gasteiger partial charge in [0, 0.05) is 6.08 Å². The number of hydrogen-bond donors (Lipinski definition) is 0. The zero-order chi connectivity index (χ0) is 11.8. The summed E-state index contributed by atoms with van der Waals surface area (Å²) in [6.07, 6.45) is 4.38. The summed E-state index contributed by atoms with van der Waals surface area (Å²) in [5, 5.41) is 0. The topological polar surface area (TPSA) is 55.7 Å². The van der Waals surface area contributed by atoms with E-state index in [1.54, 1.807) is 37.3 Å². The molecule has 0 N–H and O–H groups in total. The molecule has 0 aromatic heterocycles. The number of aliphatic imine (C=N–C) groups is 1. The summed E-state index contributed by atoms with van der Waals surface area (Å²) in [6.45, 7) is 2.09. The van der Waals surface area contributed by atoms with Gasteiger partial charge in [-0.1, -0.05) is 12.1 Å². The number of isocyanates is 1. The molecule has 1 aromatic rings. The quantitative estimate of drug-likeness (QED) is 0.336. The average Bonchev–Trinajstić information content (AvgIpc) is 2.28. The molecule has 0 saturated carbocycles. The van der Waals surface area contributed by atoms with Crippen LogP contribution in [0.25, 0.3) is 6.08 Å². The van der Waals surface area contributed by atoms with E-state index >= 15 is 0 Å². The van der Waals surface area contributed by atoms with Crippen LogP contribution in [-0.2, 0) is 14.3 Å². The van der Waals surface area contributed by atoms with Crippen LogP contribution in [0.5, 0.6) is 0 Å². The van der Waals surface area contributed by atoms with Gasteiger partial charge in [-0.3, -0.25) is 0 Å². The molecular weight excluding hydrogens is 206 g/mol. The van der Waals surface area contributed by atoms with E-state index in [0.29, 0.717) is 12.3 Å². The summed E-state index contributed by atoms with van der Waals surface area (Å²) in [7, 11) is 0. The third kappa shape index (κ3) is 3.90. The van der Waals surface area contributed by atoms with Gasteiger partial charge in [0.05, 0.1) is 12.3 Å². The number of nitrogens with zero attached hydrogens (tertiary/aromatic N) is 1. The van der Waals surface area contributed by atoms with E-state index in [-0.39, 0.29) is 0 Å². The summed E-state index contributed by atoms with van der Waals surface area (Å²) >= 11 is 0. The first-order valence-electron chi connectivity index (χ1n) is 4.79. The number of esters is 1. The van der Waals surface area contributed by atoms with Crippen LogP contribution in [0.15, 0.2) is 35.3 Å². The monoisotopic (exact) mass is 217 g/mol. The predicted octanol–water partition coefficient (Wildman–Crippen LogP) is 2.23. The van der Waals surface area contributed by atoms with Crippen molar-refractivity contribution in [2.45, 2.75) is 6.92 Å².